The fraction of sp³-hybridized carbons (Fsp3) is 0.444. The molecule has 16 heavy (non-hydrogen) atoms. The average molecular weight is 242 g/mol. The molecule has 0 radical (unpaired) electrons. The SMILES string of the molecule is CO/N=C1\C(=O)N2C(C(=O)O)=C(C)CS[C@H]12. The third-order valence-corrected chi connectivity index (χ3v) is 3.75. The number of hydrogen-bond acceptors (Lipinski definition) is 5. The molecule has 1 fully saturated rings. The highest BCUT2D eigenvalue weighted by molar-refractivity contribution is 8.01. The van der Waals surface area contributed by atoms with Crippen molar-refractivity contribution in [1.29, 1.82) is 0 Å². The fourth-order valence-corrected chi connectivity index (χ4v) is 2.91. The molecule has 1 atom stereocenters. The van der Waals surface area contributed by atoms with E-state index in [-0.39, 0.29) is 16.8 Å². The number of nitrogens with zero attached hydrogens (tertiary/aromatic N) is 2. The predicted molar refractivity (Wildman–Crippen MR) is 57.9 cm³/mol. The van der Waals surface area contributed by atoms with Crippen LogP contribution in [0.1, 0.15) is 6.92 Å². The van der Waals surface area contributed by atoms with Crippen LogP contribution < -0.4 is 0 Å². The summed E-state index contributed by atoms with van der Waals surface area (Å²) in [5.41, 5.74) is 1.04. The molecule has 2 aliphatic heterocycles. The normalized spacial score (nSPS) is 26.6. The largest absolute Gasteiger partial charge is 0.477 e. The lowest BCUT2D eigenvalue weighted by Gasteiger charge is -2.43. The molecule has 86 valence electrons. The summed E-state index contributed by atoms with van der Waals surface area (Å²) in [5, 5.41) is 12.3. The molecular formula is C9H10N2O4S. The van der Waals surface area contributed by atoms with Gasteiger partial charge in [0.05, 0.1) is 0 Å². The van der Waals surface area contributed by atoms with Gasteiger partial charge in [0.2, 0.25) is 0 Å². The van der Waals surface area contributed by atoms with Gasteiger partial charge in [0.1, 0.15) is 18.2 Å². The third-order valence-electron chi connectivity index (χ3n) is 2.40. The highest BCUT2D eigenvalue weighted by Crippen LogP contribution is 2.38. The molecule has 0 bridgehead atoms. The lowest BCUT2D eigenvalue weighted by atomic mass is 10.1. The monoisotopic (exact) mass is 242 g/mol. The molecule has 1 amide bonds. The number of β-lactam (4-membered cyclic amide) rings is 1. The number of carboxylic acid groups (broad SMARTS) is 1. The molecule has 2 heterocycles. The number of carbonyl (C=O) groups is 2. The van der Waals surface area contributed by atoms with Gasteiger partial charge in [-0.25, -0.2) is 4.79 Å². The molecule has 2 rings (SSSR count). The Balaban J connectivity index is 2.35. The lowest BCUT2D eigenvalue weighted by molar-refractivity contribution is -0.139. The number of carbonyl (C=O) groups excluding carboxylic acids is 1. The van der Waals surface area contributed by atoms with Gasteiger partial charge in [-0.3, -0.25) is 9.69 Å². The van der Waals surface area contributed by atoms with Crippen LogP contribution in [0.3, 0.4) is 0 Å². The van der Waals surface area contributed by atoms with E-state index in [4.69, 9.17) is 5.11 Å². The predicted octanol–water partition coefficient (Wildman–Crippen LogP) is 0.263. The van der Waals surface area contributed by atoms with Crippen LogP contribution in [0.25, 0.3) is 0 Å². The van der Waals surface area contributed by atoms with Crippen molar-refractivity contribution in [3.63, 3.8) is 0 Å². The Hall–Kier alpha value is -1.50. The molecule has 2 aliphatic rings. The smallest absolute Gasteiger partial charge is 0.352 e. The summed E-state index contributed by atoms with van der Waals surface area (Å²) in [6.45, 7) is 1.71. The maximum absolute atomic E-state index is 11.7. The van der Waals surface area contributed by atoms with Crippen LogP contribution in [0.4, 0.5) is 0 Å². The van der Waals surface area contributed by atoms with Crippen molar-refractivity contribution in [2.24, 2.45) is 5.16 Å². The Morgan fingerprint density at radius 3 is 2.94 bits per heavy atom. The second-order valence-electron chi connectivity index (χ2n) is 3.43. The van der Waals surface area contributed by atoms with Crippen LogP contribution in [-0.4, -0.2) is 45.8 Å². The van der Waals surface area contributed by atoms with Crippen LogP contribution in [0, 0.1) is 0 Å². The summed E-state index contributed by atoms with van der Waals surface area (Å²) in [6, 6.07) is 0. The maximum atomic E-state index is 11.7. The molecule has 7 heteroatoms. The van der Waals surface area contributed by atoms with Gasteiger partial charge in [-0.15, -0.1) is 11.8 Å². The van der Waals surface area contributed by atoms with Gasteiger partial charge in [0.25, 0.3) is 5.91 Å². The number of aliphatic carboxylic acids is 1. The second kappa shape index (κ2) is 3.82. The van der Waals surface area contributed by atoms with E-state index in [0.717, 1.165) is 0 Å². The zero-order chi connectivity index (χ0) is 11.9. The zero-order valence-corrected chi connectivity index (χ0v) is 9.58. The third kappa shape index (κ3) is 1.39. The Labute approximate surface area is 95.9 Å². The van der Waals surface area contributed by atoms with E-state index < -0.39 is 11.9 Å². The molecular weight excluding hydrogens is 232 g/mol. The van der Waals surface area contributed by atoms with Crippen molar-refractivity contribution in [3.8, 4) is 0 Å². The van der Waals surface area contributed by atoms with Crippen molar-refractivity contribution >= 4 is 29.4 Å². The van der Waals surface area contributed by atoms with Gasteiger partial charge in [0.15, 0.2) is 5.71 Å². The van der Waals surface area contributed by atoms with Crippen molar-refractivity contribution in [2.45, 2.75) is 12.3 Å². The minimum Gasteiger partial charge on any atom is -0.477 e. The summed E-state index contributed by atoms with van der Waals surface area (Å²) < 4.78 is 0. The number of oxime groups is 1. The van der Waals surface area contributed by atoms with Gasteiger partial charge in [-0.05, 0) is 12.5 Å². The molecule has 1 saturated heterocycles. The lowest BCUT2D eigenvalue weighted by Crippen LogP contribution is -2.62. The molecule has 0 aromatic rings. The van der Waals surface area contributed by atoms with Crippen molar-refractivity contribution in [3.05, 3.63) is 11.3 Å². The van der Waals surface area contributed by atoms with Gasteiger partial charge in [-0.2, -0.15) is 0 Å². The minimum atomic E-state index is -1.08. The number of carboxylic acids is 1. The van der Waals surface area contributed by atoms with Gasteiger partial charge >= 0.3 is 5.97 Å². The van der Waals surface area contributed by atoms with Crippen LogP contribution in [-0.2, 0) is 14.4 Å². The van der Waals surface area contributed by atoms with Gasteiger partial charge in [-0.1, -0.05) is 5.16 Å². The first-order valence-electron chi connectivity index (χ1n) is 4.57. The first-order valence-corrected chi connectivity index (χ1v) is 5.62. The van der Waals surface area contributed by atoms with Crippen molar-refractivity contribution in [2.75, 3.05) is 12.9 Å². The number of amides is 1. The number of thioether (sulfide) groups is 1. The van der Waals surface area contributed by atoms with Crippen molar-refractivity contribution < 1.29 is 19.5 Å². The van der Waals surface area contributed by atoms with E-state index in [2.05, 4.69) is 9.99 Å². The van der Waals surface area contributed by atoms with E-state index in [9.17, 15) is 9.59 Å². The number of rotatable bonds is 2. The zero-order valence-electron chi connectivity index (χ0n) is 8.76. The van der Waals surface area contributed by atoms with E-state index >= 15 is 0 Å². The van der Waals surface area contributed by atoms with Crippen LogP contribution in [0.2, 0.25) is 0 Å². The summed E-state index contributed by atoms with van der Waals surface area (Å²) in [4.78, 5) is 28.5. The first-order chi connectivity index (χ1) is 7.57. The molecule has 0 saturated carbocycles. The Morgan fingerprint density at radius 2 is 2.38 bits per heavy atom. The summed E-state index contributed by atoms with van der Waals surface area (Å²) in [5.74, 6) is -0.887. The molecule has 0 aliphatic carbocycles. The molecule has 6 nitrogen and oxygen atoms in total. The van der Waals surface area contributed by atoms with E-state index in [0.29, 0.717) is 11.3 Å². The fourth-order valence-electron chi connectivity index (χ4n) is 1.71. The van der Waals surface area contributed by atoms with Crippen LogP contribution in [0.15, 0.2) is 16.4 Å². The van der Waals surface area contributed by atoms with E-state index in [1.807, 2.05) is 0 Å². The first kappa shape index (κ1) is 11.0. The van der Waals surface area contributed by atoms with Crippen molar-refractivity contribution in [1.82, 2.24) is 4.90 Å². The van der Waals surface area contributed by atoms with E-state index in [1.54, 1.807) is 6.92 Å². The molecule has 0 spiro atoms. The highest BCUT2D eigenvalue weighted by Gasteiger charge is 2.51. The van der Waals surface area contributed by atoms with Gasteiger partial charge < -0.3 is 9.94 Å². The summed E-state index contributed by atoms with van der Waals surface area (Å²) >= 11 is 1.47. The Kier molecular flexibility index (Phi) is 2.63. The topological polar surface area (TPSA) is 79.2 Å². The number of fused-ring (bicyclic) bond motifs is 1. The maximum Gasteiger partial charge on any atom is 0.352 e. The Bertz CT molecular complexity index is 429. The molecule has 0 aromatic carbocycles. The second-order valence-corrected chi connectivity index (χ2v) is 4.50. The highest BCUT2D eigenvalue weighted by atomic mass is 32.2. The van der Waals surface area contributed by atoms with E-state index in [1.165, 1.54) is 23.8 Å². The minimum absolute atomic E-state index is 0.0730. The Morgan fingerprint density at radius 1 is 1.69 bits per heavy atom. The average Bonchev–Trinajstić information content (AvgIpc) is 2.25. The van der Waals surface area contributed by atoms with Crippen LogP contribution >= 0.6 is 11.8 Å². The molecule has 1 N–H and O–H groups in total. The standard InChI is InChI=1S/C9H10N2O4S/c1-4-3-16-8-5(10-15-2)7(12)11(8)6(4)9(13)14/h8H,3H2,1-2H3,(H,13,14)/b10-5+/t8-/m1/s1. The molecule has 0 unspecified atom stereocenters. The molecule has 0 aromatic heterocycles. The summed E-state index contributed by atoms with van der Waals surface area (Å²) in [6.07, 6.45) is 0. The quantitative estimate of drug-likeness (QED) is 0.555. The summed E-state index contributed by atoms with van der Waals surface area (Å²) in [7, 11) is 1.36. The van der Waals surface area contributed by atoms with Gasteiger partial charge in [0, 0.05) is 5.75 Å². The van der Waals surface area contributed by atoms with Crippen LogP contribution in [0.5, 0.6) is 0 Å². The number of hydrogen-bond donors (Lipinski definition) is 1.